The second-order valence-electron chi connectivity index (χ2n) is 9.61. The summed E-state index contributed by atoms with van der Waals surface area (Å²) in [5.41, 5.74) is 3.49. The predicted molar refractivity (Wildman–Crippen MR) is 134 cm³/mol. The van der Waals surface area contributed by atoms with E-state index >= 15 is 0 Å². The van der Waals surface area contributed by atoms with E-state index < -0.39 is 17.7 Å². The lowest BCUT2D eigenvalue weighted by atomic mass is 9.85. The van der Waals surface area contributed by atoms with Crippen molar-refractivity contribution in [3.8, 4) is 11.3 Å². The average Bonchev–Trinajstić information content (AvgIpc) is 3.06. The number of pyridine rings is 1. The van der Waals surface area contributed by atoms with Crippen LogP contribution < -0.4 is 0 Å². The Morgan fingerprint density at radius 3 is 2.33 bits per heavy atom. The molecule has 4 rings (SSSR count). The second-order valence-corrected chi connectivity index (χ2v) is 10.0. The fourth-order valence-corrected chi connectivity index (χ4v) is 5.28. The Morgan fingerprint density at radius 2 is 1.72 bits per heavy atom. The van der Waals surface area contributed by atoms with Crippen LogP contribution >= 0.6 is 11.6 Å². The Hall–Kier alpha value is -3.25. The predicted octanol–water partition coefficient (Wildman–Crippen LogP) is 6.69. The molecule has 1 heterocycles. The van der Waals surface area contributed by atoms with E-state index in [9.17, 15) is 23.2 Å². The molecule has 0 saturated heterocycles. The van der Waals surface area contributed by atoms with Crippen LogP contribution in [-0.2, 0) is 14.4 Å². The van der Waals surface area contributed by atoms with Gasteiger partial charge in [0, 0.05) is 36.9 Å². The molecule has 3 unspecified atom stereocenters. The molecule has 36 heavy (non-hydrogen) atoms. The molecule has 4 nitrogen and oxygen atoms in total. The van der Waals surface area contributed by atoms with Gasteiger partial charge in [-0.05, 0) is 72.4 Å². The van der Waals surface area contributed by atoms with Gasteiger partial charge < -0.3 is 0 Å². The molecule has 1 saturated carbocycles. The standard InChI is InChI=1S/C29H26ClF2NO3/c1-15(18-4-6-22(31)7-5-18)10-23(34)11-20-12-25(35)27(29(20)36)26-16(2)8-19(9-17(26)3)28-24(32)13-21(30)14-33-28/h4-9,13-15,20,27H,10-12H2,1-3H3. The third-order valence-electron chi connectivity index (χ3n) is 6.87. The highest BCUT2D eigenvalue weighted by atomic mass is 35.5. The van der Waals surface area contributed by atoms with E-state index in [0.717, 1.165) is 5.56 Å². The van der Waals surface area contributed by atoms with Crippen molar-refractivity contribution in [2.45, 2.75) is 51.9 Å². The van der Waals surface area contributed by atoms with Crippen LogP contribution in [0.15, 0.2) is 48.7 Å². The lowest BCUT2D eigenvalue weighted by molar-refractivity contribution is -0.128. The van der Waals surface area contributed by atoms with E-state index in [4.69, 9.17) is 11.6 Å². The zero-order valence-electron chi connectivity index (χ0n) is 20.3. The van der Waals surface area contributed by atoms with Crippen LogP contribution in [0.5, 0.6) is 0 Å². The number of aryl methyl sites for hydroxylation is 2. The van der Waals surface area contributed by atoms with Crippen molar-refractivity contribution in [1.82, 2.24) is 4.98 Å². The summed E-state index contributed by atoms with van der Waals surface area (Å²) in [4.78, 5) is 43.1. The molecule has 0 spiro atoms. The molecule has 2 aromatic carbocycles. The van der Waals surface area contributed by atoms with Gasteiger partial charge in [-0.15, -0.1) is 0 Å². The first kappa shape index (κ1) is 25.8. The molecule has 186 valence electrons. The lowest BCUT2D eigenvalue weighted by Gasteiger charge is -2.17. The van der Waals surface area contributed by atoms with Gasteiger partial charge in [0.05, 0.1) is 5.02 Å². The number of hydrogen-bond donors (Lipinski definition) is 0. The number of Topliss-reactive ketones (excluding diaryl/α,β-unsaturated/α-hetero) is 3. The van der Waals surface area contributed by atoms with Gasteiger partial charge >= 0.3 is 0 Å². The first-order valence-electron chi connectivity index (χ1n) is 11.8. The highest BCUT2D eigenvalue weighted by Gasteiger charge is 2.43. The molecule has 0 aliphatic heterocycles. The van der Waals surface area contributed by atoms with Crippen molar-refractivity contribution in [2.75, 3.05) is 0 Å². The fourth-order valence-electron chi connectivity index (χ4n) is 5.13. The van der Waals surface area contributed by atoms with E-state index in [1.54, 1.807) is 38.1 Å². The van der Waals surface area contributed by atoms with Crippen LogP contribution in [0.3, 0.4) is 0 Å². The number of benzene rings is 2. The van der Waals surface area contributed by atoms with Crippen LogP contribution in [-0.4, -0.2) is 22.3 Å². The summed E-state index contributed by atoms with van der Waals surface area (Å²) < 4.78 is 27.6. The maximum absolute atomic E-state index is 14.4. The topological polar surface area (TPSA) is 64.1 Å². The third kappa shape index (κ3) is 5.29. The van der Waals surface area contributed by atoms with Crippen molar-refractivity contribution < 1.29 is 23.2 Å². The van der Waals surface area contributed by atoms with Crippen LogP contribution in [0.4, 0.5) is 8.78 Å². The minimum absolute atomic E-state index is 0.00267. The van der Waals surface area contributed by atoms with Crippen molar-refractivity contribution in [3.63, 3.8) is 0 Å². The first-order chi connectivity index (χ1) is 17.0. The van der Waals surface area contributed by atoms with Gasteiger partial charge in [0.25, 0.3) is 0 Å². The number of nitrogens with zero attached hydrogens (tertiary/aromatic N) is 1. The molecule has 0 amide bonds. The van der Waals surface area contributed by atoms with Gasteiger partial charge in [-0.2, -0.15) is 0 Å². The largest absolute Gasteiger partial charge is 0.300 e. The number of aromatic nitrogens is 1. The normalized spacial score (nSPS) is 18.5. The highest BCUT2D eigenvalue weighted by Crippen LogP contribution is 2.39. The summed E-state index contributed by atoms with van der Waals surface area (Å²) in [5, 5.41) is 0.191. The monoisotopic (exact) mass is 509 g/mol. The Balaban J connectivity index is 1.51. The third-order valence-corrected chi connectivity index (χ3v) is 7.07. The van der Waals surface area contributed by atoms with Crippen molar-refractivity contribution in [2.24, 2.45) is 5.92 Å². The average molecular weight is 510 g/mol. The first-order valence-corrected chi connectivity index (χ1v) is 12.2. The fraction of sp³-hybridized carbons (Fsp3) is 0.310. The Morgan fingerprint density at radius 1 is 1.08 bits per heavy atom. The molecule has 0 N–H and O–H groups in total. The van der Waals surface area contributed by atoms with Crippen LogP contribution in [0.1, 0.15) is 60.3 Å². The van der Waals surface area contributed by atoms with Gasteiger partial charge in [-0.3, -0.25) is 19.4 Å². The van der Waals surface area contributed by atoms with E-state index in [0.29, 0.717) is 22.3 Å². The molecule has 1 aromatic heterocycles. The van der Waals surface area contributed by atoms with Gasteiger partial charge in [-0.1, -0.05) is 30.7 Å². The summed E-state index contributed by atoms with van der Waals surface area (Å²) in [6.07, 6.45) is 1.60. The molecule has 1 fully saturated rings. The van der Waals surface area contributed by atoms with Crippen molar-refractivity contribution in [1.29, 1.82) is 0 Å². The minimum atomic E-state index is -0.936. The highest BCUT2D eigenvalue weighted by molar-refractivity contribution is 6.30. The maximum Gasteiger partial charge on any atom is 0.151 e. The molecule has 0 bridgehead atoms. The SMILES string of the molecule is Cc1cc(-c2ncc(Cl)cc2F)cc(C)c1C1C(=O)CC(CC(=O)CC(C)c2ccc(F)cc2)C1=O. The molecule has 7 heteroatoms. The van der Waals surface area contributed by atoms with E-state index in [1.165, 1.54) is 24.4 Å². The molecule has 0 radical (unpaired) electrons. The molecule has 3 aromatic rings. The quantitative estimate of drug-likeness (QED) is 0.333. The second kappa shape index (κ2) is 10.4. The lowest BCUT2D eigenvalue weighted by Crippen LogP contribution is -2.20. The number of ketones is 3. The number of halogens is 3. The number of hydrogen-bond acceptors (Lipinski definition) is 4. The van der Waals surface area contributed by atoms with Crippen LogP contribution in [0.2, 0.25) is 5.02 Å². The summed E-state index contributed by atoms with van der Waals surface area (Å²) in [5.74, 6) is -3.19. The van der Waals surface area contributed by atoms with Gasteiger partial charge in [-0.25, -0.2) is 8.78 Å². The van der Waals surface area contributed by atoms with E-state index in [2.05, 4.69) is 4.98 Å². The summed E-state index contributed by atoms with van der Waals surface area (Å²) in [6.45, 7) is 5.44. The molecule has 3 atom stereocenters. The summed E-state index contributed by atoms with van der Waals surface area (Å²) in [7, 11) is 0. The van der Waals surface area contributed by atoms with Crippen molar-refractivity contribution in [3.05, 3.63) is 87.6 Å². The molecular weight excluding hydrogens is 484 g/mol. The van der Waals surface area contributed by atoms with E-state index in [-0.39, 0.29) is 59.1 Å². The Bertz CT molecular complexity index is 1330. The van der Waals surface area contributed by atoms with Gasteiger partial charge in [0.1, 0.15) is 29.0 Å². The maximum atomic E-state index is 14.4. The zero-order valence-corrected chi connectivity index (χ0v) is 21.0. The Kier molecular flexibility index (Phi) is 7.46. The number of carbonyl (C=O) groups excluding carboxylic acids is 3. The van der Waals surface area contributed by atoms with Crippen LogP contribution in [0.25, 0.3) is 11.3 Å². The summed E-state index contributed by atoms with van der Waals surface area (Å²) >= 11 is 5.81. The Labute approximate surface area is 213 Å². The molecule has 1 aliphatic rings. The molecular formula is C29H26ClF2NO3. The minimum Gasteiger partial charge on any atom is -0.300 e. The van der Waals surface area contributed by atoms with Gasteiger partial charge in [0.2, 0.25) is 0 Å². The number of rotatable bonds is 7. The smallest absolute Gasteiger partial charge is 0.151 e. The zero-order chi connectivity index (χ0) is 26.1. The summed E-state index contributed by atoms with van der Waals surface area (Å²) in [6, 6.07) is 10.6. The number of carbonyl (C=O) groups is 3. The van der Waals surface area contributed by atoms with Gasteiger partial charge in [0.15, 0.2) is 11.6 Å². The molecule has 1 aliphatic carbocycles. The van der Waals surface area contributed by atoms with Crippen molar-refractivity contribution >= 4 is 29.0 Å². The van der Waals surface area contributed by atoms with E-state index in [1.807, 2.05) is 6.92 Å². The van der Waals surface area contributed by atoms with Crippen LogP contribution in [0, 0.1) is 31.4 Å².